The van der Waals surface area contributed by atoms with Gasteiger partial charge in [-0.25, -0.2) is 13.1 Å². The van der Waals surface area contributed by atoms with E-state index in [4.69, 9.17) is 0 Å². The van der Waals surface area contributed by atoms with Crippen LogP contribution in [0.1, 0.15) is 26.7 Å². The number of aliphatic carboxylic acids is 1. The molecule has 0 aromatic carbocycles. The Hall–Kier alpha value is -1.34. The van der Waals surface area contributed by atoms with Gasteiger partial charge in [0, 0.05) is 18.9 Å². The summed E-state index contributed by atoms with van der Waals surface area (Å²) in [5.41, 5.74) is -1.05. The van der Waals surface area contributed by atoms with Crippen molar-refractivity contribution in [2.75, 3.05) is 6.54 Å². The van der Waals surface area contributed by atoms with Gasteiger partial charge in [-0.3, -0.25) is 4.79 Å². The molecule has 0 aliphatic rings. The number of aromatic amines is 1. The molecule has 1 aromatic heterocycles. The fourth-order valence-electron chi connectivity index (χ4n) is 1.67. The van der Waals surface area contributed by atoms with Crippen LogP contribution in [0, 0.1) is 5.41 Å². The fourth-order valence-corrected chi connectivity index (χ4v) is 2.77. The van der Waals surface area contributed by atoms with Crippen LogP contribution >= 0.6 is 0 Å². The molecule has 0 aliphatic carbocycles. The Morgan fingerprint density at radius 3 is 2.44 bits per heavy atom. The predicted octanol–water partition coefficient (Wildman–Crippen LogP) is 1.18. The lowest BCUT2D eigenvalue weighted by Gasteiger charge is -2.26. The highest BCUT2D eigenvalue weighted by Crippen LogP contribution is 2.26. The van der Waals surface area contributed by atoms with Crippen LogP contribution in [0.5, 0.6) is 0 Å². The summed E-state index contributed by atoms with van der Waals surface area (Å²) in [4.78, 5) is 14.0. The summed E-state index contributed by atoms with van der Waals surface area (Å²) < 4.78 is 26.1. The molecule has 3 N–H and O–H groups in total. The zero-order valence-corrected chi connectivity index (χ0v) is 11.3. The Morgan fingerprint density at radius 1 is 1.44 bits per heavy atom. The van der Waals surface area contributed by atoms with Crippen molar-refractivity contribution in [3.8, 4) is 0 Å². The quantitative estimate of drug-likeness (QED) is 0.695. The highest BCUT2D eigenvalue weighted by molar-refractivity contribution is 7.89. The van der Waals surface area contributed by atoms with Crippen LogP contribution in [0.3, 0.4) is 0 Å². The van der Waals surface area contributed by atoms with E-state index in [0.717, 1.165) is 0 Å². The summed E-state index contributed by atoms with van der Waals surface area (Å²) in [7, 11) is -3.65. The summed E-state index contributed by atoms with van der Waals surface area (Å²) in [5, 5.41) is 9.21. The molecule has 1 rings (SSSR count). The minimum atomic E-state index is -3.65. The molecule has 0 spiro atoms. The van der Waals surface area contributed by atoms with Crippen molar-refractivity contribution in [2.24, 2.45) is 5.41 Å². The average Bonchev–Trinajstić information content (AvgIpc) is 2.84. The number of hydrogen-bond donors (Lipinski definition) is 3. The second-order valence-corrected chi connectivity index (χ2v) is 5.93. The molecule has 0 amide bonds. The smallest absolute Gasteiger partial charge is 0.310 e. The summed E-state index contributed by atoms with van der Waals surface area (Å²) in [6.45, 7) is 3.37. The third kappa shape index (κ3) is 2.91. The molecule has 0 unspecified atom stereocenters. The van der Waals surface area contributed by atoms with E-state index >= 15 is 0 Å². The number of sulfonamides is 1. The van der Waals surface area contributed by atoms with Crippen LogP contribution in [0.25, 0.3) is 0 Å². The molecule has 102 valence electrons. The maximum absolute atomic E-state index is 11.9. The van der Waals surface area contributed by atoms with Crippen LogP contribution in [0.4, 0.5) is 0 Å². The van der Waals surface area contributed by atoms with Crippen molar-refractivity contribution < 1.29 is 18.3 Å². The van der Waals surface area contributed by atoms with Crippen molar-refractivity contribution in [1.29, 1.82) is 0 Å². The van der Waals surface area contributed by atoms with E-state index in [0.29, 0.717) is 12.8 Å². The standard InChI is InChI=1S/C11H18N2O4S/c1-3-11(4-2,10(14)15)8-13-18(16,17)9-5-6-12-7-9/h5-7,12-13H,3-4,8H2,1-2H3,(H,14,15). The Morgan fingerprint density at radius 2 is 2.06 bits per heavy atom. The maximum atomic E-state index is 11.9. The highest BCUT2D eigenvalue weighted by Gasteiger charge is 2.36. The number of rotatable bonds is 7. The number of carbonyl (C=O) groups is 1. The molecule has 6 nitrogen and oxygen atoms in total. The Labute approximate surface area is 106 Å². The van der Waals surface area contributed by atoms with Crippen LogP contribution in [0.15, 0.2) is 23.4 Å². The number of aromatic nitrogens is 1. The van der Waals surface area contributed by atoms with Gasteiger partial charge in [0.1, 0.15) is 0 Å². The van der Waals surface area contributed by atoms with E-state index in [1.54, 1.807) is 13.8 Å². The summed E-state index contributed by atoms with van der Waals surface area (Å²) in [5.74, 6) is -0.982. The highest BCUT2D eigenvalue weighted by atomic mass is 32.2. The second-order valence-electron chi connectivity index (χ2n) is 4.16. The van der Waals surface area contributed by atoms with Gasteiger partial charge in [0.2, 0.25) is 10.0 Å². The van der Waals surface area contributed by atoms with E-state index in [1.165, 1.54) is 18.5 Å². The van der Waals surface area contributed by atoms with Crippen LogP contribution in [-0.4, -0.2) is 31.0 Å². The van der Waals surface area contributed by atoms with Gasteiger partial charge >= 0.3 is 5.97 Å². The number of carboxylic acid groups (broad SMARTS) is 1. The largest absolute Gasteiger partial charge is 0.481 e. The number of carboxylic acids is 1. The van der Waals surface area contributed by atoms with Gasteiger partial charge < -0.3 is 10.1 Å². The Bertz CT molecular complexity index is 489. The van der Waals surface area contributed by atoms with E-state index in [2.05, 4.69) is 9.71 Å². The topological polar surface area (TPSA) is 99.3 Å². The van der Waals surface area contributed by atoms with E-state index in [1.807, 2.05) is 0 Å². The van der Waals surface area contributed by atoms with E-state index in [-0.39, 0.29) is 11.4 Å². The number of hydrogen-bond acceptors (Lipinski definition) is 3. The third-order valence-corrected chi connectivity index (χ3v) is 4.69. The summed E-state index contributed by atoms with van der Waals surface area (Å²) in [6, 6.07) is 1.42. The Kier molecular flexibility index (Phi) is 4.53. The molecule has 0 bridgehead atoms. The van der Waals surface area contributed by atoms with Gasteiger partial charge in [-0.05, 0) is 18.9 Å². The molecule has 0 fully saturated rings. The lowest BCUT2D eigenvalue weighted by atomic mass is 9.83. The van der Waals surface area contributed by atoms with Gasteiger partial charge in [0.25, 0.3) is 0 Å². The molecule has 0 saturated carbocycles. The van der Waals surface area contributed by atoms with Crippen molar-refractivity contribution in [3.63, 3.8) is 0 Å². The average molecular weight is 274 g/mol. The first-order chi connectivity index (χ1) is 8.38. The maximum Gasteiger partial charge on any atom is 0.310 e. The number of H-pyrrole nitrogens is 1. The van der Waals surface area contributed by atoms with Gasteiger partial charge in [-0.1, -0.05) is 13.8 Å². The molecular formula is C11H18N2O4S. The van der Waals surface area contributed by atoms with Gasteiger partial charge in [-0.2, -0.15) is 0 Å². The fraction of sp³-hybridized carbons (Fsp3) is 0.545. The van der Waals surface area contributed by atoms with Crippen molar-refractivity contribution in [1.82, 2.24) is 9.71 Å². The van der Waals surface area contributed by atoms with Crippen molar-refractivity contribution >= 4 is 16.0 Å². The zero-order valence-electron chi connectivity index (χ0n) is 10.4. The van der Waals surface area contributed by atoms with Gasteiger partial charge in [0.15, 0.2) is 0 Å². The SMILES string of the molecule is CCC(CC)(CNS(=O)(=O)c1cc[nH]c1)C(=O)O. The lowest BCUT2D eigenvalue weighted by molar-refractivity contribution is -0.149. The predicted molar refractivity (Wildman–Crippen MR) is 66.6 cm³/mol. The molecule has 18 heavy (non-hydrogen) atoms. The molecule has 0 aliphatic heterocycles. The van der Waals surface area contributed by atoms with E-state index in [9.17, 15) is 18.3 Å². The minimum Gasteiger partial charge on any atom is -0.481 e. The van der Waals surface area contributed by atoms with Crippen molar-refractivity contribution in [3.05, 3.63) is 18.5 Å². The van der Waals surface area contributed by atoms with Gasteiger partial charge in [0.05, 0.1) is 10.3 Å². The Balaban J connectivity index is 2.84. The molecule has 1 heterocycles. The first-order valence-electron chi connectivity index (χ1n) is 5.74. The molecule has 0 radical (unpaired) electrons. The normalized spacial score (nSPS) is 12.6. The second kappa shape index (κ2) is 5.53. The van der Waals surface area contributed by atoms with Crippen LogP contribution in [0.2, 0.25) is 0 Å². The molecule has 7 heteroatoms. The third-order valence-electron chi connectivity index (χ3n) is 3.29. The monoisotopic (exact) mass is 274 g/mol. The lowest BCUT2D eigenvalue weighted by Crippen LogP contribution is -2.42. The zero-order chi connectivity index (χ0) is 13.8. The van der Waals surface area contributed by atoms with Crippen molar-refractivity contribution in [2.45, 2.75) is 31.6 Å². The first-order valence-corrected chi connectivity index (χ1v) is 7.22. The summed E-state index contributed by atoms with van der Waals surface area (Å²) >= 11 is 0. The molecule has 0 atom stereocenters. The van der Waals surface area contributed by atoms with Gasteiger partial charge in [-0.15, -0.1) is 0 Å². The summed E-state index contributed by atoms with van der Waals surface area (Å²) in [6.07, 6.45) is 3.59. The number of nitrogens with one attached hydrogen (secondary N) is 2. The minimum absolute atomic E-state index is 0.106. The van der Waals surface area contributed by atoms with E-state index < -0.39 is 21.4 Å². The molecule has 1 aromatic rings. The molecular weight excluding hydrogens is 256 g/mol. The van der Waals surface area contributed by atoms with Crippen LogP contribution in [-0.2, 0) is 14.8 Å². The van der Waals surface area contributed by atoms with Crippen LogP contribution < -0.4 is 4.72 Å². The molecule has 0 saturated heterocycles. The first kappa shape index (κ1) is 14.7.